The third kappa shape index (κ3) is 7.07. The molecule has 2 aromatic rings. The van der Waals surface area contributed by atoms with E-state index in [2.05, 4.69) is 9.89 Å². The highest BCUT2D eigenvalue weighted by molar-refractivity contribution is 7.09. The summed E-state index contributed by atoms with van der Waals surface area (Å²) in [5.41, 5.74) is -0.228. The second kappa shape index (κ2) is 10.7. The fourth-order valence-corrected chi connectivity index (χ4v) is 3.67. The maximum atomic E-state index is 12.8. The highest BCUT2D eigenvalue weighted by Crippen LogP contribution is 2.29. The van der Waals surface area contributed by atoms with Crippen LogP contribution < -0.4 is 4.80 Å². The standard InChI is InChI=1S/C19H24F3N3O3S/c1-14(26)23-18-25(16-6-4-15(5-7-16)19(20,21)22)13-17(29-18)12-24(8-10-27-2)9-11-28-3/h4-7,13H,8-12H2,1-3H3/b23-18-. The number of benzene rings is 1. The first-order chi connectivity index (χ1) is 13.7. The lowest BCUT2D eigenvalue weighted by Gasteiger charge is -2.20. The molecular formula is C19H24F3N3O3S. The van der Waals surface area contributed by atoms with Crippen LogP contribution in [-0.4, -0.2) is 55.9 Å². The summed E-state index contributed by atoms with van der Waals surface area (Å²) in [4.78, 5) is 19.0. The fraction of sp³-hybridized carbons (Fsp3) is 0.474. The Morgan fingerprint density at radius 2 is 1.72 bits per heavy atom. The van der Waals surface area contributed by atoms with Crippen LogP contribution in [0.1, 0.15) is 17.4 Å². The average Bonchev–Trinajstić information content (AvgIpc) is 3.04. The molecule has 0 radical (unpaired) electrons. The number of hydrogen-bond acceptors (Lipinski definition) is 5. The van der Waals surface area contributed by atoms with Gasteiger partial charge >= 0.3 is 6.18 Å². The van der Waals surface area contributed by atoms with E-state index in [1.165, 1.54) is 30.4 Å². The Kier molecular flexibility index (Phi) is 8.57. The van der Waals surface area contributed by atoms with Crippen LogP contribution in [0, 0.1) is 0 Å². The number of halogens is 3. The molecule has 10 heteroatoms. The summed E-state index contributed by atoms with van der Waals surface area (Å²) in [6.45, 7) is 4.40. The topological polar surface area (TPSA) is 56.1 Å². The predicted octanol–water partition coefficient (Wildman–Crippen LogP) is 3.10. The van der Waals surface area contributed by atoms with Crippen molar-refractivity contribution in [3.05, 3.63) is 45.7 Å². The number of rotatable bonds is 9. The molecule has 0 saturated carbocycles. The molecule has 0 bridgehead atoms. The fourth-order valence-electron chi connectivity index (χ4n) is 2.60. The maximum absolute atomic E-state index is 12.8. The minimum absolute atomic E-state index is 0.380. The molecule has 0 unspecified atom stereocenters. The molecule has 1 aromatic heterocycles. The Hall–Kier alpha value is -2.01. The van der Waals surface area contributed by atoms with Gasteiger partial charge in [-0.25, -0.2) is 0 Å². The second-order valence-electron chi connectivity index (χ2n) is 6.29. The second-order valence-corrected chi connectivity index (χ2v) is 7.38. The normalized spacial score (nSPS) is 12.7. The minimum Gasteiger partial charge on any atom is -0.383 e. The van der Waals surface area contributed by atoms with E-state index in [1.807, 2.05) is 0 Å². The van der Waals surface area contributed by atoms with Crippen LogP contribution in [0.5, 0.6) is 0 Å². The quantitative estimate of drug-likeness (QED) is 0.612. The number of alkyl halides is 3. The highest BCUT2D eigenvalue weighted by atomic mass is 32.1. The van der Waals surface area contributed by atoms with E-state index in [0.717, 1.165) is 17.0 Å². The van der Waals surface area contributed by atoms with Gasteiger partial charge < -0.3 is 9.47 Å². The first kappa shape index (κ1) is 23.3. The van der Waals surface area contributed by atoms with Crippen LogP contribution in [0.25, 0.3) is 5.69 Å². The van der Waals surface area contributed by atoms with Crippen molar-refractivity contribution in [2.24, 2.45) is 4.99 Å². The Bertz CT molecular complexity index is 852. The summed E-state index contributed by atoms with van der Waals surface area (Å²) in [6, 6.07) is 4.76. The predicted molar refractivity (Wildman–Crippen MR) is 104 cm³/mol. The maximum Gasteiger partial charge on any atom is 0.416 e. The van der Waals surface area contributed by atoms with Crippen LogP contribution in [0.3, 0.4) is 0 Å². The first-order valence-electron chi connectivity index (χ1n) is 8.89. The molecule has 2 rings (SSSR count). The summed E-state index contributed by atoms with van der Waals surface area (Å²) in [6.07, 6.45) is -2.61. The molecule has 0 saturated heterocycles. The number of hydrogen-bond donors (Lipinski definition) is 0. The van der Waals surface area contributed by atoms with Gasteiger partial charge in [0.15, 0.2) is 4.80 Å². The summed E-state index contributed by atoms with van der Waals surface area (Å²) in [5.74, 6) is -0.380. The molecule has 1 amide bonds. The van der Waals surface area contributed by atoms with Gasteiger partial charge in [-0.05, 0) is 24.3 Å². The highest BCUT2D eigenvalue weighted by Gasteiger charge is 2.30. The van der Waals surface area contributed by atoms with Crippen LogP contribution in [0.15, 0.2) is 35.5 Å². The van der Waals surface area contributed by atoms with E-state index in [1.54, 1.807) is 25.0 Å². The molecule has 0 N–H and O–H groups in total. The Morgan fingerprint density at radius 1 is 1.14 bits per heavy atom. The molecule has 0 atom stereocenters. The third-order valence-corrected chi connectivity index (χ3v) is 5.00. The van der Waals surface area contributed by atoms with E-state index in [-0.39, 0.29) is 5.91 Å². The molecule has 0 aliphatic rings. The smallest absolute Gasteiger partial charge is 0.383 e. The first-order valence-corrected chi connectivity index (χ1v) is 9.70. The molecule has 160 valence electrons. The van der Waals surface area contributed by atoms with Crippen molar-refractivity contribution in [2.75, 3.05) is 40.5 Å². The van der Waals surface area contributed by atoms with Gasteiger partial charge in [-0.1, -0.05) is 11.3 Å². The van der Waals surface area contributed by atoms with E-state index < -0.39 is 11.7 Å². The van der Waals surface area contributed by atoms with Crippen LogP contribution in [0.2, 0.25) is 0 Å². The molecule has 1 aromatic carbocycles. The molecule has 6 nitrogen and oxygen atoms in total. The van der Waals surface area contributed by atoms with E-state index >= 15 is 0 Å². The zero-order valence-electron chi connectivity index (χ0n) is 16.5. The van der Waals surface area contributed by atoms with Crippen molar-refractivity contribution < 1.29 is 27.4 Å². The zero-order chi connectivity index (χ0) is 21.4. The SMILES string of the molecule is COCCN(CCOC)Cc1cn(-c2ccc(C(F)(F)F)cc2)/c(=N/C(C)=O)s1. The molecule has 0 spiro atoms. The lowest BCUT2D eigenvalue weighted by molar-refractivity contribution is -0.137. The number of carbonyl (C=O) groups is 1. The van der Waals surface area contributed by atoms with E-state index in [4.69, 9.17) is 9.47 Å². The van der Waals surface area contributed by atoms with Crippen LogP contribution in [0.4, 0.5) is 13.2 Å². The monoisotopic (exact) mass is 431 g/mol. The van der Waals surface area contributed by atoms with Crippen molar-refractivity contribution in [1.82, 2.24) is 9.47 Å². The molecular weight excluding hydrogens is 407 g/mol. The largest absolute Gasteiger partial charge is 0.416 e. The Balaban J connectivity index is 2.35. The van der Waals surface area contributed by atoms with Gasteiger partial charge in [0.1, 0.15) is 0 Å². The van der Waals surface area contributed by atoms with Crippen molar-refractivity contribution in [2.45, 2.75) is 19.6 Å². The zero-order valence-corrected chi connectivity index (χ0v) is 17.3. The number of carbonyl (C=O) groups excluding carboxylic acids is 1. The summed E-state index contributed by atoms with van der Waals surface area (Å²) in [5, 5.41) is 0. The van der Waals surface area contributed by atoms with Gasteiger partial charge in [0.05, 0.1) is 18.8 Å². The van der Waals surface area contributed by atoms with Gasteiger partial charge in [-0.3, -0.25) is 14.3 Å². The molecule has 29 heavy (non-hydrogen) atoms. The Labute approximate surface area is 171 Å². The number of amides is 1. The van der Waals surface area contributed by atoms with Crippen molar-refractivity contribution in [1.29, 1.82) is 0 Å². The van der Waals surface area contributed by atoms with Crippen molar-refractivity contribution in [3.8, 4) is 5.69 Å². The lowest BCUT2D eigenvalue weighted by Crippen LogP contribution is -2.30. The average molecular weight is 431 g/mol. The number of aromatic nitrogens is 1. The van der Waals surface area contributed by atoms with E-state index in [0.29, 0.717) is 43.3 Å². The van der Waals surface area contributed by atoms with Gasteiger partial charge in [-0.2, -0.15) is 18.2 Å². The molecule has 1 heterocycles. The van der Waals surface area contributed by atoms with Gasteiger partial charge in [0.2, 0.25) is 5.91 Å². The number of methoxy groups -OCH3 is 2. The Morgan fingerprint density at radius 3 is 2.21 bits per heavy atom. The summed E-state index contributed by atoms with van der Waals surface area (Å²) >= 11 is 1.32. The lowest BCUT2D eigenvalue weighted by atomic mass is 10.2. The van der Waals surface area contributed by atoms with E-state index in [9.17, 15) is 18.0 Å². The van der Waals surface area contributed by atoms with Gasteiger partial charge in [-0.15, -0.1) is 0 Å². The van der Waals surface area contributed by atoms with Crippen LogP contribution in [-0.2, 0) is 27.0 Å². The van der Waals surface area contributed by atoms with Crippen LogP contribution >= 0.6 is 11.3 Å². The number of nitrogens with zero attached hydrogens (tertiary/aromatic N) is 3. The molecule has 0 aliphatic carbocycles. The molecule has 0 fully saturated rings. The minimum atomic E-state index is -4.40. The molecule has 0 aliphatic heterocycles. The van der Waals surface area contributed by atoms with Crippen molar-refractivity contribution >= 4 is 17.2 Å². The van der Waals surface area contributed by atoms with Gasteiger partial charge in [0.25, 0.3) is 0 Å². The van der Waals surface area contributed by atoms with Crippen molar-refractivity contribution in [3.63, 3.8) is 0 Å². The third-order valence-electron chi connectivity index (χ3n) is 4.03. The number of thiazole rings is 1. The summed E-state index contributed by atoms with van der Waals surface area (Å²) in [7, 11) is 3.25. The number of ether oxygens (including phenoxy) is 2. The van der Waals surface area contributed by atoms with Gasteiger partial charge in [0, 0.05) is 57.5 Å². The summed E-state index contributed by atoms with van der Waals surface area (Å²) < 4.78 is 50.4.